The van der Waals surface area contributed by atoms with Crippen LogP contribution in [0.2, 0.25) is 0 Å². The number of ether oxygens (including phenoxy) is 1. The van der Waals surface area contributed by atoms with Crippen molar-refractivity contribution in [1.82, 2.24) is 10.1 Å². The molecule has 7 nitrogen and oxygen atoms in total. The van der Waals surface area contributed by atoms with Crippen molar-refractivity contribution < 1.29 is 14.1 Å². The molecule has 0 unspecified atom stereocenters. The van der Waals surface area contributed by atoms with Crippen LogP contribution < -0.4 is 11.1 Å². The summed E-state index contributed by atoms with van der Waals surface area (Å²) in [6.45, 7) is 0.439. The first-order valence-corrected chi connectivity index (χ1v) is 5.17. The maximum Gasteiger partial charge on any atom is 0.340 e. The van der Waals surface area contributed by atoms with Crippen LogP contribution in [-0.4, -0.2) is 23.2 Å². The quantitative estimate of drug-likeness (QED) is 0.779. The maximum atomic E-state index is 11.4. The number of anilines is 2. The number of carbonyl (C=O) groups is 1. The highest BCUT2D eigenvalue weighted by atomic mass is 16.5. The number of nitrogens with zero attached hydrogens (tertiary/aromatic N) is 2. The van der Waals surface area contributed by atoms with Crippen molar-refractivity contribution in [2.75, 3.05) is 18.2 Å². The topological polar surface area (TPSA) is 103 Å². The SMILES string of the molecule is COC(=O)c1cc(NCc2ccon2)ncc1N. The molecule has 3 N–H and O–H groups in total. The minimum atomic E-state index is -0.501. The van der Waals surface area contributed by atoms with Crippen molar-refractivity contribution in [3.05, 3.63) is 35.9 Å². The Hall–Kier alpha value is -2.57. The van der Waals surface area contributed by atoms with E-state index >= 15 is 0 Å². The summed E-state index contributed by atoms with van der Waals surface area (Å²) in [7, 11) is 1.30. The molecule has 0 saturated heterocycles. The number of rotatable bonds is 4. The zero-order chi connectivity index (χ0) is 13.0. The van der Waals surface area contributed by atoms with Crippen LogP contribution >= 0.6 is 0 Å². The monoisotopic (exact) mass is 248 g/mol. The molecule has 0 aromatic carbocycles. The Morgan fingerprint density at radius 1 is 1.61 bits per heavy atom. The number of aromatic nitrogens is 2. The van der Waals surface area contributed by atoms with Gasteiger partial charge in [0, 0.05) is 6.07 Å². The van der Waals surface area contributed by atoms with E-state index in [9.17, 15) is 4.79 Å². The highest BCUT2D eigenvalue weighted by molar-refractivity contribution is 5.95. The number of pyridine rings is 1. The molecule has 0 aliphatic heterocycles. The van der Waals surface area contributed by atoms with Gasteiger partial charge in [-0.1, -0.05) is 5.16 Å². The number of esters is 1. The predicted molar refractivity (Wildman–Crippen MR) is 63.8 cm³/mol. The van der Waals surface area contributed by atoms with Crippen molar-refractivity contribution in [2.45, 2.75) is 6.54 Å². The van der Waals surface area contributed by atoms with Gasteiger partial charge in [0.2, 0.25) is 0 Å². The van der Waals surface area contributed by atoms with E-state index in [1.165, 1.54) is 25.6 Å². The van der Waals surface area contributed by atoms with Crippen molar-refractivity contribution in [3.8, 4) is 0 Å². The van der Waals surface area contributed by atoms with E-state index in [-0.39, 0.29) is 11.3 Å². The summed E-state index contributed by atoms with van der Waals surface area (Å²) in [6, 6.07) is 3.26. The lowest BCUT2D eigenvalue weighted by molar-refractivity contribution is 0.0602. The highest BCUT2D eigenvalue weighted by Gasteiger charge is 2.11. The van der Waals surface area contributed by atoms with Gasteiger partial charge in [-0.2, -0.15) is 0 Å². The Labute approximate surface area is 103 Å². The normalized spacial score (nSPS) is 10.1. The molecule has 0 fully saturated rings. The Bertz CT molecular complexity index is 539. The summed E-state index contributed by atoms with van der Waals surface area (Å²) >= 11 is 0. The van der Waals surface area contributed by atoms with Gasteiger partial charge in [0.1, 0.15) is 17.8 Å². The summed E-state index contributed by atoms with van der Waals surface area (Å²) in [4.78, 5) is 15.5. The third-order valence-electron chi connectivity index (χ3n) is 2.28. The molecule has 0 radical (unpaired) electrons. The summed E-state index contributed by atoms with van der Waals surface area (Å²) in [5, 5.41) is 6.74. The average molecular weight is 248 g/mol. The fourth-order valence-corrected chi connectivity index (χ4v) is 1.36. The summed E-state index contributed by atoms with van der Waals surface area (Å²) < 4.78 is 9.32. The summed E-state index contributed by atoms with van der Waals surface area (Å²) in [5.74, 6) is 0.00647. The minimum Gasteiger partial charge on any atom is -0.465 e. The van der Waals surface area contributed by atoms with E-state index in [2.05, 4.69) is 20.2 Å². The Morgan fingerprint density at radius 2 is 2.44 bits per heavy atom. The standard InChI is InChI=1S/C11H12N4O3/c1-17-11(16)8-4-10(14-6-9(8)12)13-5-7-2-3-18-15-7/h2-4,6H,5,12H2,1H3,(H,13,14). The number of carbonyl (C=O) groups excluding carboxylic acids is 1. The van der Waals surface area contributed by atoms with Crippen molar-refractivity contribution in [2.24, 2.45) is 0 Å². The second-order valence-electron chi connectivity index (χ2n) is 3.49. The van der Waals surface area contributed by atoms with E-state index < -0.39 is 5.97 Å². The largest absolute Gasteiger partial charge is 0.465 e. The second kappa shape index (κ2) is 5.17. The molecule has 2 rings (SSSR count). The first kappa shape index (κ1) is 11.9. The van der Waals surface area contributed by atoms with Gasteiger partial charge in [-0.3, -0.25) is 0 Å². The molecule has 0 amide bonds. The van der Waals surface area contributed by atoms with E-state index in [4.69, 9.17) is 10.3 Å². The van der Waals surface area contributed by atoms with Crippen molar-refractivity contribution in [3.63, 3.8) is 0 Å². The van der Waals surface area contributed by atoms with Crippen molar-refractivity contribution in [1.29, 1.82) is 0 Å². The van der Waals surface area contributed by atoms with Crippen LogP contribution in [0.15, 0.2) is 29.1 Å². The minimum absolute atomic E-state index is 0.272. The number of hydrogen-bond acceptors (Lipinski definition) is 7. The van der Waals surface area contributed by atoms with Gasteiger partial charge in [-0.25, -0.2) is 9.78 Å². The molecule has 2 heterocycles. The second-order valence-corrected chi connectivity index (χ2v) is 3.49. The van der Waals surface area contributed by atoms with Crippen LogP contribution in [0.1, 0.15) is 16.1 Å². The van der Waals surface area contributed by atoms with E-state index in [0.717, 1.165) is 5.69 Å². The molecule has 0 aliphatic carbocycles. The molecule has 2 aromatic rings. The highest BCUT2D eigenvalue weighted by Crippen LogP contribution is 2.16. The zero-order valence-corrected chi connectivity index (χ0v) is 9.71. The molecular formula is C11H12N4O3. The van der Waals surface area contributed by atoms with Gasteiger partial charge in [-0.15, -0.1) is 0 Å². The third kappa shape index (κ3) is 2.57. The van der Waals surface area contributed by atoms with Gasteiger partial charge >= 0.3 is 5.97 Å². The maximum absolute atomic E-state index is 11.4. The van der Waals surface area contributed by atoms with Crippen LogP contribution in [0, 0.1) is 0 Å². The van der Waals surface area contributed by atoms with Gasteiger partial charge in [-0.05, 0) is 6.07 Å². The van der Waals surface area contributed by atoms with Crippen molar-refractivity contribution >= 4 is 17.5 Å². The summed E-state index contributed by atoms with van der Waals surface area (Å²) in [5.41, 5.74) is 6.91. The molecule has 0 atom stereocenters. The fourth-order valence-electron chi connectivity index (χ4n) is 1.36. The molecule has 0 saturated carbocycles. The molecular weight excluding hydrogens is 236 g/mol. The van der Waals surface area contributed by atoms with Gasteiger partial charge in [0.15, 0.2) is 0 Å². The van der Waals surface area contributed by atoms with Crippen LogP contribution in [0.25, 0.3) is 0 Å². The Morgan fingerprint density at radius 3 is 3.11 bits per heavy atom. The molecule has 0 aliphatic rings. The lowest BCUT2D eigenvalue weighted by atomic mass is 10.2. The van der Waals surface area contributed by atoms with Gasteiger partial charge < -0.3 is 20.3 Å². The molecule has 2 aromatic heterocycles. The number of hydrogen-bond donors (Lipinski definition) is 2. The molecule has 0 spiro atoms. The number of nitrogen functional groups attached to an aromatic ring is 1. The van der Waals surface area contributed by atoms with E-state index in [0.29, 0.717) is 12.4 Å². The Kier molecular flexibility index (Phi) is 3.42. The van der Waals surface area contributed by atoms with Crippen LogP contribution in [0.5, 0.6) is 0 Å². The lowest BCUT2D eigenvalue weighted by Crippen LogP contribution is -2.09. The first-order valence-electron chi connectivity index (χ1n) is 5.17. The van der Waals surface area contributed by atoms with Crippen LogP contribution in [0.4, 0.5) is 11.5 Å². The number of nitrogens with two attached hydrogens (primary N) is 1. The van der Waals surface area contributed by atoms with E-state index in [1.807, 2.05) is 0 Å². The predicted octanol–water partition coefficient (Wildman–Crippen LogP) is 1.05. The zero-order valence-electron chi connectivity index (χ0n) is 9.71. The fraction of sp³-hybridized carbons (Fsp3) is 0.182. The van der Waals surface area contributed by atoms with Gasteiger partial charge in [0.05, 0.1) is 31.1 Å². The first-order chi connectivity index (χ1) is 8.70. The van der Waals surface area contributed by atoms with E-state index in [1.54, 1.807) is 6.07 Å². The number of nitrogens with one attached hydrogen (secondary N) is 1. The lowest BCUT2D eigenvalue weighted by Gasteiger charge is -2.07. The number of methoxy groups -OCH3 is 1. The summed E-state index contributed by atoms with van der Waals surface area (Å²) in [6.07, 6.45) is 2.88. The molecule has 94 valence electrons. The molecule has 18 heavy (non-hydrogen) atoms. The van der Waals surface area contributed by atoms with Crippen LogP contribution in [-0.2, 0) is 11.3 Å². The van der Waals surface area contributed by atoms with Crippen LogP contribution in [0.3, 0.4) is 0 Å². The smallest absolute Gasteiger partial charge is 0.340 e. The average Bonchev–Trinajstić information content (AvgIpc) is 2.90. The molecule has 7 heteroatoms. The Balaban J connectivity index is 2.12. The third-order valence-corrected chi connectivity index (χ3v) is 2.28. The van der Waals surface area contributed by atoms with Gasteiger partial charge in [0.25, 0.3) is 0 Å². The molecule has 0 bridgehead atoms.